The summed E-state index contributed by atoms with van der Waals surface area (Å²) in [6.45, 7) is 4.08. The molecule has 3 heterocycles. The van der Waals surface area contributed by atoms with Gasteiger partial charge in [0.25, 0.3) is 0 Å². The minimum Gasteiger partial charge on any atom is -0.343 e. The Labute approximate surface area is 111 Å². The van der Waals surface area contributed by atoms with Crippen LogP contribution < -0.4 is 10.9 Å². The van der Waals surface area contributed by atoms with Crippen molar-refractivity contribution in [2.45, 2.75) is 33.2 Å². The Hall–Kier alpha value is -1.91. The second-order valence-electron chi connectivity index (χ2n) is 5.01. The summed E-state index contributed by atoms with van der Waals surface area (Å²) in [5, 5.41) is 0. The van der Waals surface area contributed by atoms with Crippen LogP contribution in [0.1, 0.15) is 35.0 Å². The SMILES string of the molecule is [B]c1c(C)cnc2c(=O)c(C(C)=O)c3n(c12)CCC3. The number of hydrogen-bond acceptors (Lipinski definition) is 3. The van der Waals surface area contributed by atoms with Crippen molar-refractivity contribution in [3.63, 3.8) is 0 Å². The highest BCUT2D eigenvalue weighted by molar-refractivity contribution is 6.39. The first-order chi connectivity index (χ1) is 9.02. The van der Waals surface area contributed by atoms with Crippen molar-refractivity contribution in [1.82, 2.24) is 9.55 Å². The second kappa shape index (κ2) is 4.05. The summed E-state index contributed by atoms with van der Waals surface area (Å²) in [6, 6.07) is 0. The number of aromatic nitrogens is 2. The van der Waals surface area contributed by atoms with E-state index in [1.54, 1.807) is 6.20 Å². The molecule has 19 heavy (non-hydrogen) atoms. The van der Waals surface area contributed by atoms with Crippen molar-refractivity contribution in [1.29, 1.82) is 0 Å². The van der Waals surface area contributed by atoms with Crippen LogP contribution in [0.4, 0.5) is 0 Å². The lowest BCUT2D eigenvalue weighted by Gasteiger charge is -2.15. The van der Waals surface area contributed by atoms with Gasteiger partial charge in [-0.1, -0.05) is 5.46 Å². The first kappa shape index (κ1) is 12.1. The molecule has 0 amide bonds. The molecule has 4 nitrogen and oxygen atoms in total. The molecular formula is C14H13BN2O2. The first-order valence-corrected chi connectivity index (χ1v) is 6.33. The highest BCUT2D eigenvalue weighted by Crippen LogP contribution is 2.22. The van der Waals surface area contributed by atoms with Gasteiger partial charge in [0, 0.05) is 18.4 Å². The Bertz CT molecular complexity index is 777. The quantitative estimate of drug-likeness (QED) is 0.553. The summed E-state index contributed by atoms with van der Waals surface area (Å²) >= 11 is 0. The first-order valence-electron chi connectivity index (χ1n) is 6.33. The fourth-order valence-corrected chi connectivity index (χ4v) is 2.84. The van der Waals surface area contributed by atoms with Gasteiger partial charge in [-0.15, -0.1) is 0 Å². The Balaban J connectivity index is 2.59. The average Bonchev–Trinajstić information content (AvgIpc) is 2.81. The molecule has 2 aromatic heterocycles. The molecule has 0 bridgehead atoms. The molecule has 1 aliphatic rings. The molecule has 0 saturated carbocycles. The van der Waals surface area contributed by atoms with Gasteiger partial charge in [-0.3, -0.25) is 14.6 Å². The maximum Gasteiger partial charge on any atom is 0.218 e. The predicted molar refractivity (Wildman–Crippen MR) is 74.5 cm³/mol. The summed E-state index contributed by atoms with van der Waals surface area (Å²) in [4.78, 5) is 28.4. The van der Waals surface area contributed by atoms with Gasteiger partial charge >= 0.3 is 0 Å². The van der Waals surface area contributed by atoms with Crippen LogP contribution in [0.3, 0.4) is 0 Å². The summed E-state index contributed by atoms with van der Waals surface area (Å²) in [7, 11) is 6.10. The number of carbonyl (C=O) groups is 1. The fourth-order valence-electron chi connectivity index (χ4n) is 2.84. The molecule has 0 aromatic carbocycles. The number of pyridine rings is 2. The van der Waals surface area contributed by atoms with E-state index in [0.29, 0.717) is 16.5 Å². The van der Waals surface area contributed by atoms with Gasteiger partial charge in [-0.25, -0.2) is 0 Å². The van der Waals surface area contributed by atoms with Crippen LogP contribution in [-0.4, -0.2) is 23.2 Å². The van der Waals surface area contributed by atoms with E-state index in [0.717, 1.165) is 30.6 Å². The Kier molecular flexibility index (Phi) is 2.59. The van der Waals surface area contributed by atoms with Gasteiger partial charge in [0.05, 0.1) is 11.1 Å². The zero-order valence-corrected chi connectivity index (χ0v) is 11.0. The summed E-state index contributed by atoms with van der Waals surface area (Å²) in [5.41, 5.74) is 3.22. The van der Waals surface area contributed by atoms with Crippen LogP contribution in [0.5, 0.6) is 0 Å². The van der Waals surface area contributed by atoms with Gasteiger partial charge in [0.15, 0.2) is 5.78 Å². The van der Waals surface area contributed by atoms with Crippen LogP contribution in [0.25, 0.3) is 11.0 Å². The lowest BCUT2D eigenvalue weighted by atomic mass is 9.90. The third kappa shape index (κ3) is 1.57. The zero-order valence-electron chi connectivity index (χ0n) is 11.0. The minimum atomic E-state index is -0.289. The maximum atomic E-state index is 12.4. The maximum absolute atomic E-state index is 12.4. The van der Waals surface area contributed by atoms with E-state index in [4.69, 9.17) is 7.85 Å². The normalized spacial score (nSPS) is 13.8. The van der Waals surface area contributed by atoms with Crippen molar-refractivity contribution in [2.24, 2.45) is 0 Å². The van der Waals surface area contributed by atoms with E-state index in [9.17, 15) is 9.59 Å². The van der Waals surface area contributed by atoms with Gasteiger partial charge < -0.3 is 4.57 Å². The molecule has 3 rings (SSSR count). The van der Waals surface area contributed by atoms with E-state index in [2.05, 4.69) is 4.98 Å². The molecule has 1 aliphatic heterocycles. The Morgan fingerprint density at radius 3 is 2.89 bits per heavy atom. The van der Waals surface area contributed by atoms with Gasteiger partial charge in [-0.2, -0.15) is 0 Å². The van der Waals surface area contributed by atoms with Gasteiger partial charge in [-0.05, 0) is 32.3 Å². The zero-order chi connectivity index (χ0) is 13.7. The van der Waals surface area contributed by atoms with Crippen LogP contribution in [0, 0.1) is 6.92 Å². The average molecular weight is 252 g/mol. The monoisotopic (exact) mass is 252 g/mol. The van der Waals surface area contributed by atoms with Crippen molar-refractivity contribution < 1.29 is 4.79 Å². The summed E-state index contributed by atoms with van der Waals surface area (Å²) < 4.78 is 1.99. The molecule has 94 valence electrons. The lowest BCUT2D eigenvalue weighted by molar-refractivity contribution is 0.101. The molecule has 2 radical (unpaired) electrons. The highest BCUT2D eigenvalue weighted by atomic mass is 16.1. The van der Waals surface area contributed by atoms with E-state index in [1.165, 1.54) is 6.92 Å². The smallest absolute Gasteiger partial charge is 0.218 e. The van der Waals surface area contributed by atoms with Crippen molar-refractivity contribution in [2.75, 3.05) is 0 Å². The number of rotatable bonds is 1. The number of nitrogens with zero attached hydrogens (tertiary/aromatic N) is 2. The number of aryl methyl sites for hydroxylation is 2. The van der Waals surface area contributed by atoms with Gasteiger partial charge in [0.1, 0.15) is 13.4 Å². The highest BCUT2D eigenvalue weighted by Gasteiger charge is 2.24. The number of carbonyl (C=O) groups excluding carboxylic acids is 1. The topological polar surface area (TPSA) is 52.0 Å². The van der Waals surface area contributed by atoms with Crippen molar-refractivity contribution in [3.05, 3.63) is 33.2 Å². The Morgan fingerprint density at radius 1 is 1.47 bits per heavy atom. The predicted octanol–water partition coefficient (Wildman–Crippen LogP) is 0.648. The second-order valence-corrected chi connectivity index (χ2v) is 5.01. The molecule has 0 atom stereocenters. The summed E-state index contributed by atoms with van der Waals surface area (Å²) in [6.07, 6.45) is 3.25. The molecule has 0 fully saturated rings. The number of Topliss-reactive ketones (excluding diaryl/α,β-unsaturated/α-hetero) is 1. The van der Waals surface area contributed by atoms with E-state index < -0.39 is 0 Å². The van der Waals surface area contributed by atoms with Crippen molar-refractivity contribution >= 4 is 30.1 Å². The molecule has 2 aromatic rings. The minimum absolute atomic E-state index is 0.196. The Morgan fingerprint density at radius 2 is 2.21 bits per heavy atom. The van der Waals surface area contributed by atoms with E-state index in [1.807, 2.05) is 11.5 Å². The standard InChI is InChI=1S/C14H13BN2O2/c1-7-6-16-12-13(11(7)15)17-5-3-4-9(17)10(8(2)18)14(12)19/h6H,3-5H2,1-2H3. The largest absolute Gasteiger partial charge is 0.343 e. The third-order valence-corrected chi connectivity index (χ3v) is 3.77. The lowest BCUT2D eigenvalue weighted by Crippen LogP contribution is -2.26. The van der Waals surface area contributed by atoms with Crippen LogP contribution in [0.2, 0.25) is 0 Å². The number of ketones is 1. The van der Waals surface area contributed by atoms with Gasteiger partial charge in [0.2, 0.25) is 5.43 Å². The fraction of sp³-hybridized carbons (Fsp3) is 0.357. The number of fused-ring (bicyclic) bond motifs is 3. The third-order valence-electron chi connectivity index (χ3n) is 3.77. The van der Waals surface area contributed by atoms with Crippen LogP contribution >= 0.6 is 0 Å². The molecule has 0 spiro atoms. The summed E-state index contributed by atoms with van der Waals surface area (Å²) in [5.74, 6) is -0.196. The molecule has 0 aliphatic carbocycles. The van der Waals surface area contributed by atoms with Crippen LogP contribution in [0.15, 0.2) is 11.0 Å². The van der Waals surface area contributed by atoms with Crippen LogP contribution in [-0.2, 0) is 13.0 Å². The molecule has 0 saturated heterocycles. The van der Waals surface area contributed by atoms with E-state index in [-0.39, 0.29) is 16.8 Å². The number of hydrogen-bond donors (Lipinski definition) is 0. The molecule has 5 heteroatoms. The van der Waals surface area contributed by atoms with Crippen molar-refractivity contribution in [3.8, 4) is 0 Å². The van der Waals surface area contributed by atoms with E-state index >= 15 is 0 Å². The molecule has 0 unspecified atom stereocenters. The molecule has 0 N–H and O–H groups in total. The molecular weight excluding hydrogens is 239 g/mol.